The first-order valence-electron chi connectivity index (χ1n) is 9.34. The van der Waals surface area contributed by atoms with Crippen LogP contribution >= 0.6 is 11.3 Å². The number of amides is 1. The molecule has 3 fully saturated rings. The summed E-state index contributed by atoms with van der Waals surface area (Å²) in [6.07, 6.45) is -2.24. The molecule has 7 nitrogen and oxygen atoms in total. The van der Waals surface area contributed by atoms with Crippen LogP contribution in [0.5, 0.6) is 0 Å². The number of morpholine rings is 1. The summed E-state index contributed by atoms with van der Waals surface area (Å²) in [5.41, 5.74) is 0.800. The molecule has 3 aliphatic rings. The Morgan fingerprint density at radius 3 is 2.59 bits per heavy atom. The molecule has 0 saturated carbocycles. The van der Waals surface area contributed by atoms with Gasteiger partial charge in [-0.15, -0.1) is 0 Å². The molecule has 11 heteroatoms. The second-order valence-corrected chi connectivity index (χ2v) is 7.91. The molecule has 3 saturated heterocycles. The lowest BCUT2D eigenvalue weighted by atomic mass is 10.1. The zero-order valence-corrected chi connectivity index (χ0v) is 16.5. The van der Waals surface area contributed by atoms with Crippen LogP contribution in [0.1, 0.15) is 23.2 Å². The largest absolute Gasteiger partial charge is 0.490 e. The molecule has 0 spiro atoms. The molecular weight excluding hydrogens is 413 g/mol. The minimum absolute atomic E-state index is 0.135. The summed E-state index contributed by atoms with van der Waals surface area (Å²) < 4.78 is 43.4. The third-order valence-corrected chi connectivity index (χ3v) is 5.86. The number of halogens is 3. The van der Waals surface area contributed by atoms with Crippen LogP contribution in [0.25, 0.3) is 0 Å². The molecule has 4 heterocycles. The fourth-order valence-electron chi connectivity index (χ4n) is 3.77. The number of carbonyl (C=O) groups excluding carboxylic acids is 1. The Kier molecular flexibility index (Phi) is 7.14. The van der Waals surface area contributed by atoms with E-state index in [9.17, 15) is 18.0 Å². The Balaban J connectivity index is 0.000000298. The summed E-state index contributed by atoms with van der Waals surface area (Å²) >= 11 is 1.57. The van der Waals surface area contributed by atoms with Crippen molar-refractivity contribution in [2.75, 3.05) is 39.4 Å². The molecular formula is C18H23F3N2O5S. The van der Waals surface area contributed by atoms with Crippen molar-refractivity contribution in [1.29, 1.82) is 0 Å². The van der Waals surface area contributed by atoms with E-state index in [4.69, 9.17) is 19.4 Å². The monoisotopic (exact) mass is 436 g/mol. The van der Waals surface area contributed by atoms with Crippen LogP contribution in [-0.2, 0) is 14.3 Å². The molecule has 1 amide bonds. The Morgan fingerprint density at radius 2 is 2.00 bits per heavy atom. The van der Waals surface area contributed by atoms with E-state index in [1.165, 1.54) is 6.42 Å². The van der Waals surface area contributed by atoms with Gasteiger partial charge in [0.25, 0.3) is 5.91 Å². The fourth-order valence-corrected chi connectivity index (χ4v) is 4.40. The first-order chi connectivity index (χ1) is 13.8. The molecule has 3 aliphatic heterocycles. The minimum Gasteiger partial charge on any atom is -0.475 e. The number of carboxylic acids is 1. The van der Waals surface area contributed by atoms with E-state index >= 15 is 0 Å². The Morgan fingerprint density at radius 1 is 1.24 bits per heavy atom. The highest BCUT2D eigenvalue weighted by atomic mass is 32.1. The second kappa shape index (κ2) is 9.41. The van der Waals surface area contributed by atoms with E-state index in [-0.39, 0.29) is 12.0 Å². The van der Waals surface area contributed by atoms with Gasteiger partial charge in [0, 0.05) is 38.2 Å². The Bertz CT molecular complexity index is 694. The lowest BCUT2D eigenvalue weighted by Gasteiger charge is -2.37. The number of aliphatic carboxylic acids is 1. The van der Waals surface area contributed by atoms with Crippen molar-refractivity contribution < 1.29 is 37.3 Å². The quantitative estimate of drug-likeness (QED) is 0.782. The summed E-state index contributed by atoms with van der Waals surface area (Å²) in [5, 5.41) is 11.0. The van der Waals surface area contributed by atoms with Gasteiger partial charge in [-0.2, -0.15) is 24.5 Å². The summed E-state index contributed by atoms with van der Waals surface area (Å²) in [7, 11) is 0. The van der Waals surface area contributed by atoms with Crippen LogP contribution in [0.4, 0.5) is 13.2 Å². The van der Waals surface area contributed by atoms with Crippen molar-refractivity contribution in [2.45, 2.75) is 37.3 Å². The van der Waals surface area contributed by atoms with Crippen LogP contribution in [0.3, 0.4) is 0 Å². The van der Waals surface area contributed by atoms with Crippen molar-refractivity contribution in [3.63, 3.8) is 0 Å². The number of hydrogen-bond donors (Lipinski definition) is 1. The normalized spacial score (nSPS) is 27.3. The van der Waals surface area contributed by atoms with E-state index in [1.54, 1.807) is 11.3 Å². The summed E-state index contributed by atoms with van der Waals surface area (Å²) in [5.74, 6) is -2.62. The highest BCUT2D eigenvalue weighted by Gasteiger charge is 2.42. The van der Waals surface area contributed by atoms with Gasteiger partial charge in [-0.3, -0.25) is 9.69 Å². The number of fused-ring (bicyclic) bond motifs is 1. The van der Waals surface area contributed by atoms with E-state index < -0.39 is 12.1 Å². The lowest BCUT2D eigenvalue weighted by Crippen LogP contribution is -2.52. The molecule has 4 rings (SSSR count). The first kappa shape index (κ1) is 22.0. The van der Waals surface area contributed by atoms with Gasteiger partial charge in [0.2, 0.25) is 0 Å². The van der Waals surface area contributed by atoms with Gasteiger partial charge < -0.3 is 19.5 Å². The van der Waals surface area contributed by atoms with Gasteiger partial charge in [0.1, 0.15) is 0 Å². The minimum atomic E-state index is -5.08. The standard InChI is InChI=1S/C16H22N2O3S.C2HF3O2/c19-16(12-3-7-22-11-12)18-9-14-15(10-18)21-6-4-17(14)8-13-2-1-5-20-13;3-2(4,5)1(6)7/h3,7,11,13-15H,1-2,4-6,8-10H2;(H,6,7)/t13?,14-,15+;/m1./s1. The van der Waals surface area contributed by atoms with Crippen LogP contribution in [0, 0.1) is 0 Å². The maximum atomic E-state index is 12.5. The zero-order valence-electron chi connectivity index (χ0n) is 15.6. The third kappa shape index (κ3) is 5.68. The van der Waals surface area contributed by atoms with Gasteiger partial charge in [0.15, 0.2) is 0 Å². The van der Waals surface area contributed by atoms with Crippen LogP contribution in [0.2, 0.25) is 0 Å². The van der Waals surface area contributed by atoms with Gasteiger partial charge in [0.05, 0.1) is 30.4 Å². The summed E-state index contributed by atoms with van der Waals surface area (Å²) in [4.78, 5) is 25.9. The molecule has 0 radical (unpaired) electrons. The predicted octanol–water partition coefficient (Wildman–Crippen LogP) is 2.09. The Labute approximate surface area is 170 Å². The number of nitrogens with zero attached hydrogens (tertiary/aromatic N) is 2. The van der Waals surface area contributed by atoms with Crippen molar-refractivity contribution >= 4 is 23.2 Å². The number of ether oxygens (including phenoxy) is 2. The number of hydrogen-bond acceptors (Lipinski definition) is 6. The highest BCUT2D eigenvalue weighted by molar-refractivity contribution is 7.08. The average molecular weight is 436 g/mol. The van der Waals surface area contributed by atoms with Gasteiger partial charge >= 0.3 is 12.1 Å². The number of rotatable bonds is 3. The van der Waals surface area contributed by atoms with E-state index in [1.807, 2.05) is 21.7 Å². The zero-order chi connectivity index (χ0) is 21.0. The Hall–Kier alpha value is -1.69. The molecule has 0 aliphatic carbocycles. The maximum Gasteiger partial charge on any atom is 0.490 e. The van der Waals surface area contributed by atoms with E-state index in [2.05, 4.69) is 4.90 Å². The third-order valence-electron chi connectivity index (χ3n) is 5.18. The smallest absolute Gasteiger partial charge is 0.475 e. The SMILES string of the molecule is O=C(O)C(F)(F)F.O=C(c1ccsc1)N1C[C@@H]2OCCN(CC3CCCO3)[C@@H]2C1. The van der Waals surface area contributed by atoms with Crippen LogP contribution < -0.4 is 0 Å². The molecule has 1 aromatic heterocycles. The number of likely N-dealkylation sites (tertiary alicyclic amines) is 1. The van der Waals surface area contributed by atoms with Crippen LogP contribution in [-0.4, -0.2) is 90.6 Å². The maximum absolute atomic E-state index is 12.5. The van der Waals surface area contributed by atoms with Crippen molar-refractivity contribution in [3.8, 4) is 0 Å². The van der Waals surface area contributed by atoms with Gasteiger partial charge in [-0.25, -0.2) is 4.79 Å². The molecule has 3 atom stereocenters. The fraction of sp³-hybridized carbons (Fsp3) is 0.667. The molecule has 1 aromatic rings. The second-order valence-electron chi connectivity index (χ2n) is 7.13. The number of alkyl halides is 3. The first-order valence-corrected chi connectivity index (χ1v) is 10.3. The molecule has 0 aromatic carbocycles. The summed E-state index contributed by atoms with van der Waals surface area (Å²) in [6, 6.07) is 2.22. The van der Waals surface area contributed by atoms with Gasteiger partial charge in [-0.05, 0) is 24.3 Å². The number of carboxylic acid groups (broad SMARTS) is 1. The number of carbonyl (C=O) groups is 2. The van der Waals surface area contributed by atoms with E-state index in [0.29, 0.717) is 18.7 Å². The average Bonchev–Trinajstić information content (AvgIpc) is 3.42. The topological polar surface area (TPSA) is 79.3 Å². The molecule has 1 N–H and O–H groups in total. The highest BCUT2D eigenvalue weighted by Crippen LogP contribution is 2.26. The van der Waals surface area contributed by atoms with Crippen molar-refractivity contribution in [3.05, 3.63) is 22.4 Å². The lowest BCUT2D eigenvalue weighted by molar-refractivity contribution is -0.192. The summed E-state index contributed by atoms with van der Waals surface area (Å²) in [6.45, 7) is 5.06. The molecule has 29 heavy (non-hydrogen) atoms. The van der Waals surface area contributed by atoms with E-state index in [0.717, 1.165) is 44.8 Å². The molecule has 0 bridgehead atoms. The molecule has 1 unspecified atom stereocenters. The molecule has 162 valence electrons. The van der Waals surface area contributed by atoms with Gasteiger partial charge in [-0.1, -0.05) is 0 Å². The van der Waals surface area contributed by atoms with Crippen LogP contribution in [0.15, 0.2) is 16.8 Å². The number of thiophene rings is 1. The van der Waals surface area contributed by atoms with Crippen molar-refractivity contribution in [2.24, 2.45) is 0 Å². The predicted molar refractivity (Wildman–Crippen MR) is 98.0 cm³/mol. The van der Waals surface area contributed by atoms with Crippen molar-refractivity contribution in [1.82, 2.24) is 9.80 Å².